The summed E-state index contributed by atoms with van der Waals surface area (Å²) in [5, 5.41) is 11.2. The largest absolute Gasteiger partial charge is 0.497 e. The minimum absolute atomic E-state index is 0.0183. The Morgan fingerprint density at radius 2 is 1.93 bits per heavy atom. The fraction of sp³-hybridized carbons (Fsp3) is 0.381. The van der Waals surface area contributed by atoms with Crippen molar-refractivity contribution in [3.63, 3.8) is 0 Å². The monoisotopic (exact) mass is 416 g/mol. The molecule has 1 aromatic carbocycles. The number of carbonyl (C=O) groups excluding carboxylic acids is 2. The Bertz CT molecular complexity index is 850. The number of rotatable bonds is 9. The molecule has 1 aliphatic heterocycles. The summed E-state index contributed by atoms with van der Waals surface area (Å²) in [4.78, 5) is 41.0. The molecule has 0 aliphatic carbocycles. The van der Waals surface area contributed by atoms with Crippen molar-refractivity contribution < 1.29 is 24.2 Å². The normalized spacial score (nSPS) is 16.9. The van der Waals surface area contributed by atoms with Gasteiger partial charge in [-0.15, -0.1) is 11.3 Å². The summed E-state index contributed by atoms with van der Waals surface area (Å²) in [6.45, 7) is 0.691. The first-order valence-corrected chi connectivity index (χ1v) is 10.3. The number of carboxylic acid groups (broad SMARTS) is 1. The zero-order valence-electron chi connectivity index (χ0n) is 16.2. The molecule has 2 aromatic rings. The van der Waals surface area contributed by atoms with Crippen LogP contribution in [0, 0.1) is 0 Å². The first-order chi connectivity index (χ1) is 14.0. The van der Waals surface area contributed by atoms with Crippen molar-refractivity contribution in [2.75, 3.05) is 26.7 Å². The van der Waals surface area contributed by atoms with E-state index in [-0.39, 0.29) is 24.8 Å². The summed E-state index contributed by atoms with van der Waals surface area (Å²) in [5.41, 5.74) is 1.01. The number of benzene rings is 1. The maximum Gasteiger partial charge on any atom is 0.305 e. The van der Waals surface area contributed by atoms with Crippen LogP contribution in [0.5, 0.6) is 5.75 Å². The van der Waals surface area contributed by atoms with E-state index in [1.807, 2.05) is 41.8 Å². The average molecular weight is 416 g/mol. The maximum absolute atomic E-state index is 13.0. The third kappa shape index (κ3) is 5.35. The van der Waals surface area contributed by atoms with Crippen LogP contribution < -0.4 is 4.74 Å². The number of piperazine rings is 1. The summed E-state index contributed by atoms with van der Waals surface area (Å²) < 4.78 is 5.14. The van der Waals surface area contributed by atoms with E-state index >= 15 is 0 Å². The molecule has 29 heavy (non-hydrogen) atoms. The van der Waals surface area contributed by atoms with E-state index < -0.39 is 12.0 Å². The predicted molar refractivity (Wildman–Crippen MR) is 109 cm³/mol. The van der Waals surface area contributed by atoms with Crippen LogP contribution in [0.4, 0.5) is 0 Å². The number of nitrogens with zero attached hydrogens (tertiary/aromatic N) is 2. The van der Waals surface area contributed by atoms with Gasteiger partial charge in [-0.05, 0) is 42.0 Å². The molecule has 1 N–H and O–H groups in total. The van der Waals surface area contributed by atoms with E-state index in [1.54, 1.807) is 18.4 Å². The summed E-state index contributed by atoms with van der Waals surface area (Å²) in [7, 11) is 1.60. The van der Waals surface area contributed by atoms with Crippen LogP contribution in [0.15, 0.2) is 41.8 Å². The maximum atomic E-state index is 13.0. The highest BCUT2D eigenvalue weighted by molar-refractivity contribution is 7.09. The van der Waals surface area contributed by atoms with Gasteiger partial charge in [0.2, 0.25) is 11.8 Å². The Kier molecular flexibility index (Phi) is 6.87. The molecule has 1 saturated heterocycles. The zero-order valence-corrected chi connectivity index (χ0v) is 17.1. The number of hydrogen-bond acceptors (Lipinski definition) is 5. The summed E-state index contributed by atoms with van der Waals surface area (Å²) in [5.74, 6) is -0.844. The molecule has 1 fully saturated rings. The molecule has 154 valence electrons. The number of aliphatic carboxylic acids is 1. The van der Waals surface area contributed by atoms with Crippen molar-refractivity contribution in [1.29, 1.82) is 0 Å². The Labute approximate surface area is 173 Å². The third-order valence-electron chi connectivity index (χ3n) is 5.00. The van der Waals surface area contributed by atoms with Crippen molar-refractivity contribution in [2.45, 2.75) is 25.3 Å². The zero-order chi connectivity index (χ0) is 20.8. The SMILES string of the molecule is COc1ccc(CCN2CC(=O)N(CCc3cccs3)C(CC(=O)O)C2=O)cc1. The quantitative estimate of drug-likeness (QED) is 0.676. The fourth-order valence-corrected chi connectivity index (χ4v) is 4.12. The molecular weight excluding hydrogens is 392 g/mol. The smallest absolute Gasteiger partial charge is 0.305 e. The van der Waals surface area contributed by atoms with E-state index in [1.165, 1.54) is 9.80 Å². The number of hydrogen-bond donors (Lipinski definition) is 1. The van der Waals surface area contributed by atoms with Gasteiger partial charge in [0.15, 0.2) is 0 Å². The summed E-state index contributed by atoms with van der Waals surface area (Å²) in [6, 6.07) is 10.5. The Morgan fingerprint density at radius 3 is 2.55 bits per heavy atom. The van der Waals surface area contributed by atoms with Crippen molar-refractivity contribution in [3.05, 3.63) is 52.2 Å². The van der Waals surface area contributed by atoms with Crippen LogP contribution >= 0.6 is 11.3 Å². The highest BCUT2D eigenvalue weighted by Crippen LogP contribution is 2.19. The minimum Gasteiger partial charge on any atom is -0.497 e. The van der Waals surface area contributed by atoms with Crippen LogP contribution in [0.2, 0.25) is 0 Å². The van der Waals surface area contributed by atoms with Gasteiger partial charge in [0.25, 0.3) is 0 Å². The lowest BCUT2D eigenvalue weighted by Crippen LogP contribution is -2.61. The molecule has 0 spiro atoms. The van der Waals surface area contributed by atoms with Crippen molar-refractivity contribution >= 4 is 29.1 Å². The van der Waals surface area contributed by atoms with Crippen molar-refractivity contribution in [1.82, 2.24) is 9.80 Å². The van der Waals surface area contributed by atoms with E-state index in [9.17, 15) is 19.5 Å². The van der Waals surface area contributed by atoms with Gasteiger partial charge in [-0.2, -0.15) is 0 Å². The van der Waals surface area contributed by atoms with E-state index in [2.05, 4.69) is 0 Å². The van der Waals surface area contributed by atoms with Gasteiger partial charge in [0.1, 0.15) is 11.8 Å². The van der Waals surface area contributed by atoms with Crippen LogP contribution in [0.25, 0.3) is 0 Å². The number of carboxylic acids is 1. The second-order valence-electron chi connectivity index (χ2n) is 6.89. The van der Waals surface area contributed by atoms with E-state index in [0.29, 0.717) is 25.9 Å². The predicted octanol–water partition coefficient (Wildman–Crippen LogP) is 2.06. The lowest BCUT2D eigenvalue weighted by Gasteiger charge is -2.39. The molecule has 0 radical (unpaired) electrons. The van der Waals surface area contributed by atoms with Gasteiger partial charge in [-0.1, -0.05) is 18.2 Å². The van der Waals surface area contributed by atoms with Crippen LogP contribution in [0.1, 0.15) is 16.9 Å². The van der Waals surface area contributed by atoms with Gasteiger partial charge < -0.3 is 19.6 Å². The summed E-state index contributed by atoms with van der Waals surface area (Å²) in [6.07, 6.45) is 0.810. The molecule has 1 atom stereocenters. The van der Waals surface area contributed by atoms with Crippen LogP contribution in [-0.4, -0.2) is 65.5 Å². The van der Waals surface area contributed by atoms with E-state index in [4.69, 9.17) is 4.74 Å². The molecule has 1 unspecified atom stereocenters. The van der Waals surface area contributed by atoms with Gasteiger partial charge in [0, 0.05) is 18.0 Å². The topological polar surface area (TPSA) is 87.2 Å². The first-order valence-electron chi connectivity index (χ1n) is 9.43. The standard InChI is InChI=1S/C21H24N2O5S/c1-28-16-6-4-15(5-7-16)8-10-22-14-19(24)23(11-9-17-3-2-12-29-17)18(21(22)27)13-20(25)26/h2-7,12,18H,8-11,13-14H2,1H3,(H,25,26). The lowest BCUT2D eigenvalue weighted by atomic mass is 10.0. The Hall–Kier alpha value is -2.87. The highest BCUT2D eigenvalue weighted by Gasteiger charge is 2.40. The molecule has 2 amide bonds. The third-order valence-corrected chi connectivity index (χ3v) is 5.93. The number of ether oxygens (including phenoxy) is 1. The second-order valence-corrected chi connectivity index (χ2v) is 7.92. The molecule has 1 aromatic heterocycles. The molecule has 0 saturated carbocycles. The molecule has 1 aliphatic rings. The number of methoxy groups -OCH3 is 1. The Balaban J connectivity index is 1.66. The molecule has 3 rings (SSSR count). The summed E-state index contributed by atoms with van der Waals surface area (Å²) >= 11 is 1.58. The molecule has 8 heteroatoms. The van der Waals surface area contributed by atoms with E-state index in [0.717, 1.165) is 16.2 Å². The number of thiophene rings is 1. The van der Waals surface area contributed by atoms with Crippen molar-refractivity contribution in [3.8, 4) is 5.75 Å². The minimum atomic E-state index is -1.09. The number of carbonyl (C=O) groups is 3. The lowest BCUT2D eigenvalue weighted by molar-refractivity contribution is -0.158. The first kappa shape index (κ1) is 20.9. The fourth-order valence-electron chi connectivity index (χ4n) is 3.42. The molecule has 2 heterocycles. The van der Waals surface area contributed by atoms with Gasteiger partial charge in [0.05, 0.1) is 20.1 Å². The molecular formula is C21H24N2O5S. The van der Waals surface area contributed by atoms with Crippen molar-refractivity contribution in [2.24, 2.45) is 0 Å². The van der Waals surface area contributed by atoms with Crippen LogP contribution in [0.3, 0.4) is 0 Å². The molecule has 7 nitrogen and oxygen atoms in total. The molecule has 0 bridgehead atoms. The second kappa shape index (κ2) is 9.56. The van der Waals surface area contributed by atoms with Crippen LogP contribution in [-0.2, 0) is 27.2 Å². The highest BCUT2D eigenvalue weighted by atomic mass is 32.1. The number of amides is 2. The van der Waals surface area contributed by atoms with Gasteiger partial charge >= 0.3 is 5.97 Å². The Morgan fingerprint density at radius 1 is 1.17 bits per heavy atom. The van der Waals surface area contributed by atoms with Gasteiger partial charge in [-0.25, -0.2) is 0 Å². The van der Waals surface area contributed by atoms with Gasteiger partial charge in [-0.3, -0.25) is 14.4 Å². The average Bonchev–Trinajstić information content (AvgIpc) is 3.22.